The molecule has 0 saturated carbocycles. The first-order valence-electron chi connectivity index (χ1n) is 9.33. The number of aliphatic hydroxyl groups excluding tert-OH is 1. The number of nitrogens with two attached hydrogens (primary N) is 1. The first-order chi connectivity index (χ1) is 14.1. The van der Waals surface area contributed by atoms with E-state index in [1.807, 2.05) is 0 Å². The molecule has 0 fully saturated rings. The van der Waals surface area contributed by atoms with Crippen molar-refractivity contribution in [1.82, 2.24) is 0 Å². The van der Waals surface area contributed by atoms with Gasteiger partial charge < -0.3 is 25.7 Å². The third kappa shape index (κ3) is 7.31. The van der Waals surface area contributed by atoms with Crippen LogP contribution in [0, 0.1) is 17.0 Å². The average molecular weight is 428 g/mol. The van der Waals surface area contributed by atoms with Crippen LogP contribution in [0.2, 0.25) is 0 Å². The van der Waals surface area contributed by atoms with Gasteiger partial charge in [-0.25, -0.2) is 8.78 Å². The van der Waals surface area contributed by atoms with Crippen molar-refractivity contribution in [3.63, 3.8) is 0 Å². The highest BCUT2D eigenvalue weighted by atomic mass is 19.3. The molecule has 2 aromatic carbocycles. The number of alkyl halides is 2. The van der Waals surface area contributed by atoms with Crippen LogP contribution in [0.1, 0.15) is 43.5 Å². The molecule has 4 N–H and O–H groups in total. The molecule has 0 amide bonds. The van der Waals surface area contributed by atoms with Crippen LogP contribution in [-0.4, -0.2) is 23.5 Å². The van der Waals surface area contributed by atoms with Crippen molar-refractivity contribution in [2.75, 3.05) is 6.61 Å². The molecular weight excluding hydrogens is 404 g/mol. The number of benzene rings is 2. The van der Waals surface area contributed by atoms with Crippen molar-refractivity contribution in [3.05, 3.63) is 59.2 Å². The normalized spacial score (nSPS) is 12.5. The van der Waals surface area contributed by atoms with Crippen LogP contribution < -0.4 is 15.2 Å². The maximum atomic E-state index is 14.2. The van der Waals surface area contributed by atoms with Crippen LogP contribution >= 0.6 is 0 Å². The Morgan fingerprint density at radius 1 is 1.10 bits per heavy atom. The fourth-order valence-corrected chi connectivity index (χ4v) is 2.78. The summed E-state index contributed by atoms with van der Waals surface area (Å²) in [4.78, 5) is 0. The van der Waals surface area contributed by atoms with E-state index in [1.165, 1.54) is 30.3 Å². The number of rotatable bonds is 11. The van der Waals surface area contributed by atoms with Crippen LogP contribution in [-0.2, 0) is 6.42 Å². The van der Waals surface area contributed by atoms with Crippen molar-refractivity contribution >= 4 is 5.71 Å². The molecule has 0 saturated heterocycles. The SMILES string of the molecule is CC(F)(F)Oc1ccc(OCCCCC(=N)Cc2ccc(F)c(C(N)O)c2F)cc1. The van der Waals surface area contributed by atoms with Crippen molar-refractivity contribution < 1.29 is 32.1 Å². The van der Waals surface area contributed by atoms with Crippen LogP contribution in [0.3, 0.4) is 0 Å². The molecule has 30 heavy (non-hydrogen) atoms. The molecule has 164 valence electrons. The van der Waals surface area contributed by atoms with E-state index in [4.69, 9.17) is 15.9 Å². The maximum absolute atomic E-state index is 14.2. The van der Waals surface area contributed by atoms with E-state index in [1.54, 1.807) is 0 Å². The standard InChI is InChI=1S/C21H24F4N2O3/c1-21(24,25)30-16-8-6-15(7-9-16)29-11-3-2-4-14(26)12-13-5-10-17(22)18(19(13)23)20(27)28/h5-10,20,26,28H,2-4,11-12,27H2,1H3. The van der Waals surface area contributed by atoms with Crippen molar-refractivity contribution in [3.8, 4) is 11.5 Å². The second-order valence-electron chi connectivity index (χ2n) is 6.85. The number of hydrogen-bond acceptors (Lipinski definition) is 5. The molecule has 0 aliphatic carbocycles. The number of nitrogens with one attached hydrogen (secondary N) is 1. The lowest BCUT2D eigenvalue weighted by Crippen LogP contribution is -2.18. The van der Waals surface area contributed by atoms with E-state index < -0.39 is 29.5 Å². The maximum Gasteiger partial charge on any atom is 0.394 e. The number of hydrogen-bond donors (Lipinski definition) is 3. The Hall–Kier alpha value is -2.65. The fraction of sp³-hybridized carbons (Fsp3) is 0.381. The van der Waals surface area contributed by atoms with Gasteiger partial charge in [-0.15, -0.1) is 0 Å². The summed E-state index contributed by atoms with van der Waals surface area (Å²) in [6.07, 6.45) is -3.43. The smallest absolute Gasteiger partial charge is 0.394 e. The van der Waals surface area contributed by atoms with E-state index in [0.29, 0.717) is 38.5 Å². The van der Waals surface area contributed by atoms with E-state index in [9.17, 15) is 22.7 Å². The molecule has 1 unspecified atom stereocenters. The summed E-state index contributed by atoms with van der Waals surface area (Å²) in [7, 11) is 0. The van der Waals surface area contributed by atoms with Crippen molar-refractivity contribution in [1.29, 1.82) is 5.41 Å². The lowest BCUT2D eigenvalue weighted by molar-refractivity contribution is -0.158. The fourth-order valence-electron chi connectivity index (χ4n) is 2.78. The van der Waals surface area contributed by atoms with Gasteiger partial charge in [0.1, 0.15) is 29.4 Å². The first-order valence-corrected chi connectivity index (χ1v) is 9.33. The molecule has 0 aliphatic rings. The van der Waals surface area contributed by atoms with Crippen LogP contribution in [0.15, 0.2) is 36.4 Å². The first kappa shape index (κ1) is 23.6. The Bertz CT molecular complexity index is 853. The molecule has 2 rings (SSSR count). The van der Waals surface area contributed by atoms with Crippen LogP contribution in [0.5, 0.6) is 11.5 Å². The molecule has 0 bridgehead atoms. The number of halogens is 4. The Labute approximate surface area is 171 Å². The van der Waals surface area contributed by atoms with Gasteiger partial charge in [0.05, 0.1) is 12.2 Å². The summed E-state index contributed by atoms with van der Waals surface area (Å²) in [6.45, 7) is 1.01. The average Bonchev–Trinajstić information content (AvgIpc) is 2.64. The molecule has 0 heterocycles. The molecule has 0 aliphatic heterocycles. The molecule has 0 aromatic heterocycles. The van der Waals surface area contributed by atoms with Gasteiger partial charge in [-0.1, -0.05) is 6.07 Å². The Balaban J connectivity index is 1.74. The molecule has 2 aromatic rings. The van der Waals surface area contributed by atoms with Gasteiger partial charge in [0.25, 0.3) is 0 Å². The zero-order valence-corrected chi connectivity index (χ0v) is 16.4. The summed E-state index contributed by atoms with van der Waals surface area (Å²) >= 11 is 0. The minimum absolute atomic E-state index is 0.0176. The van der Waals surface area contributed by atoms with Crippen molar-refractivity contribution in [2.45, 2.75) is 44.9 Å². The van der Waals surface area contributed by atoms with Gasteiger partial charge in [0, 0.05) is 19.1 Å². The number of aliphatic hydroxyl groups is 1. The number of ether oxygens (including phenoxy) is 2. The van der Waals surface area contributed by atoms with Gasteiger partial charge in [-0.2, -0.15) is 8.78 Å². The van der Waals surface area contributed by atoms with Crippen molar-refractivity contribution in [2.24, 2.45) is 5.73 Å². The van der Waals surface area contributed by atoms with E-state index in [0.717, 1.165) is 6.07 Å². The summed E-state index contributed by atoms with van der Waals surface area (Å²) in [5.41, 5.74) is 4.92. The zero-order valence-electron chi connectivity index (χ0n) is 16.4. The Morgan fingerprint density at radius 3 is 2.33 bits per heavy atom. The lowest BCUT2D eigenvalue weighted by Gasteiger charge is -2.13. The third-order valence-corrected chi connectivity index (χ3v) is 4.17. The van der Waals surface area contributed by atoms with Gasteiger partial charge in [0.15, 0.2) is 0 Å². The molecule has 5 nitrogen and oxygen atoms in total. The molecular formula is C21H24F4N2O3. The molecule has 0 radical (unpaired) electrons. The minimum Gasteiger partial charge on any atom is -0.494 e. The number of unbranched alkanes of at least 4 members (excludes halogenated alkanes) is 1. The second-order valence-corrected chi connectivity index (χ2v) is 6.85. The van der Waals surface area contributed by atoms with Gasteiger partial charge in [-0.05, 0) is 55.2 Å². The lowest BCUT2D eigenvalue weighted by atomic mass is 10.0. The van der Waals surface area contributed by atoms with E-state index in [2.05, 4.69) is 4.74 Å². The predicted molar refractivity (Wildman–Crippen MR) is 104 cm³/mol. The summed E-state index contributed by atoms with van der Waals surface area (Å²) in [5, 5.41) is 17.3. The summed E-state index contributed by atoms with van der Waals surface area (Å²) < 4.78 is 63.3. The summed E-state index contributed by atoms with van der Waals surface area (Å²) in [6, 6.07) is 8.05. The minimum atomic E-state index is -3.25. The third-order valence-electron chi connectivity index (χ3n) is 4.17. The largest absolute Gasteiger partial charge is 0.494 e. The van der Waals surface area contributed by atoms with Crippen LogP contribution in [0.25, 0.3) is 0 Å². The van der Waals surface area contributed by atoms with E-state index in [-0.39, 0.29) is 23.4 Å². The predicted octanol–water partition coefficient (Wildman–Crippen LogP) is 4.72. The topological polar surface area (TPSA) is 88.6 Å². The van der Waals surface area contributed by atoms with Gasteiger partial charge >= 0.3 is 6.11 Å². The monoisotopic (exact) mass is 428 g/mol. The highest BCUT2D eigenvalue weighted by Crippen LogP contribution is 2.24. The molecule has 9 heteroatoms. The summed E-state index contributed by atoms with van der Waals surface area (Å²) in [5.74, 6) is -1.34. The van der Waals surface area contributed by atoms with E-state index >= 15 is 0 Å². The van der Waals surface area contributed by atoms with Gasteiger partial charge in [-0.3, -0.25) is 0 Å². The van der Waals surface area contributed by atoms with Gasteiger partial charge in [0.2, 0.25) is 0 Å². The highest BCUT2D eigenvalue weighted by molar-refractivity contribution is 5.83. The quantitative estimate of drug-likeness (QED) is 0.209. The molecule has 1 atom stereocenters. The Kier molecular flexibility index (Phi) is 8.19. The highest BCUT2D eigenvalue weighted by Gasteiger charge is 2.23. The zero-order chi connectivity index (χ0) is 22.3. The second kappa shape index (κ2) is 10.4. The van der Waals surface area contributed by atoms with Crippen LogP contribution in [0.4, 0.5) is 17.6 Å². The molecule has 0 spiro atoms. The Morgan fingerprint density at radius 2 is 1.73 bits per heavy atom.